The lowest BCUT2D eigenvalue weighted by Gasteiger charge is -2.11. The fraction of sp³-hybridized carbons (Fsp3) is 0.160. The molecular formula is C25H23N3O5. The SMILES string of the molecule is COc1ccc(C(=O)Nc2ccc(OCc3cc(=O)n4ccc(C)cc4n3)cc2)cc1OC. The van der Waals surface area contributed by atoms with Crippen LogP contribution in [0.5, 0.6) is 17.2 Å². The van der Waals surface area contributed by atoms with Crippen LogP contribution in [0.3, 0.4) is 0 Å². The standard InChI is InChI=1S/C25H23N3O5/c1-16-10-11-28-23(12-16)26-19(14-24(28)29)15-33-20-7-5-18(6-8-20)27-25(30)17-4-9-21(31-2)22(13-17)32-3/h4-14H,15H2,1-3H3,(H,27,30). The molecule has 1 amide bonds. The zero-order valence-corrected chi connectivity index (χ0v) is 18.5. The number of amides is 1. The summed E-state index contributed by atoms with van der Waals surface area (Å²) in [5.41, 5.74) is 3.03. The number of aromatic nitrogens is 2. The van der Waals surface area contributed by atoms with E-state index in [4.69, 9.17) is 14.2 Å². The predicted molar refractivity (Wildman–Crippen MR) is 124 cm³/mol. The van der Waals surface area contributed by atoms with E-state index in [9.17, 15) is 9.59 Å². The second-order valence-electron chi connectivity index (χ2n) is 7.35. The number of aryl methyl sites for hydroxylation is 1. The van der Waals surface area contributed by atoms with Crippen molar-refractivity contribution in [3.05, 3.63) is 94.0 Å². The van der Waals surface area contributed by atoms with Crippen molar-refractivity contribution in [2.24, 2.45) is 0 Å². The van der Waals surface area contributed by atoms with Crippen molar-refractivity contribution in [3.8, 4) is 17.2 Å². The summed E-state index contributed by atoms with van der Waals surface area (Å²) in [4.78, 5) is 29.3. The summed E-state index contributed by atoms with van der Waals surface area (Å²) in [7, 11) is 3.06. The van der Waals surface area contributed by atoms with Crippen molar-refractivity contribution < 1.29 is 19.0 Å². The summed E-state index contributed by atoms with van der Waals surface area (Å²) in [6.07, 6.45) is 1.71. The highest BCUT2D eigenvalue weighted by molar-refractivity contribution is 6.04. The van der Waals surface area contributed by atoms with Gasteiger partial charge in [0, 0.05) is 23.5 Å². The summed E-state index contributed by atoms with van der Waals surface area (Å²) < 4.78 is 17.7. The van der Waals surface area contributed by atoms with E-state index in [1.165, 1.54) is 24.7 Å². The Morgan fingerprint density at radius 2 is 1.73 bits per heavy atom. The van der Waals surface area contributed by atoms with Crippen LogP contribution in [-0.2, 0) is 6.61 Å². The van der Waals surface area contributed by atoms with Gasteiger partial charge in [0.1, 0.15) is 18.0 Å². The maximum atomic E-state index is 12.6. The molecule has 8 heteroatoms. The highest BCUT2D eigenvalue weighted by atomic mass is 16.5. The molecule has 33 heavy (non-hydrogen) atoms. The van der Waals surface area contributed by atoms with E-state index in [2.05, 4.69) is 10.3 Å². The van der Waals surface area contributed by atoms with Crippen LogP contribution in [0.25, 0.3) is 5.65 Å². The Hall–Kier alpha value is -4.33. The molecule has 4 rings (SSSR count). The summed E-state index contributed by atoms with van der Waals surface area (Å²) >= 11 is 0. The average molecular weight is 445 g/mol. The second-order valence-corrected chi connectivity index (χ2v) is 7.35. The molecule has 8 nitrogen and oxygen atoms in total. The Kier molecular flexibility index (Phi) is 6.26. The Morgan fingerprint density at radius 3 is 2.45 bits per heavy atom. The van der Waals surface area contributed by atoms with Crippen LogP contribution in [0.15, 0.2) is 71.7 Å². The number of fused-ring (bicyclic) bond motifs is 1. The minimum absolute atomic E-state index is 0.150. The van der Waals surface area contributed by atoms with Crippen LogP contribution in [0.2, 0.25) is 0 Å². The summed E-state index contributed by atoms with van der Waals surface area (Å²) in [5, 5.41) is 2.83. The zero-order valence-electron chi connectivity index (χ0n) is 18.5. The van der Waals surface area contributed by atoms with Gasteiger partial charge in [-0.3, -0.25) is 14.0 Å². The molecule has 2 aromatic carbocycles. The van der Waals surface area contributed by atoms with E-state index in [1.54, 1.807) is 48.7 Å². The summed E-state index contributed by atoms with van der Waals surface area (Å²) in [6, 6.07) is 17.1. The number of carbonyl (C=O) groups excluding carboxylic acids is 1. The molecule has 168 valence electrons. The topological polar surface area (TPSA) is 91.2 Å². The maximum absolute atomic E-state index is 12.6. The molecule has 0 saturated carbocycles. The number of hydrogen-bond donors (Lipinski definition) is 1. The second kappa shape index (κ2) is 9.44. The van der Waals surface area contributed by atoms with Gasteiger partial charge in [0.05, 0.1) is 19.9 Å². The van der Waals surface area contributed by atoms with Crippen molar-refractivity contribution in [3.63, 3.8) is 0 Å². The van der Waals surface area contributed by atoms with Crippen molar-refractivity contribution in [2.75, 3.05) is 19.5 Å². The largest absolute Gasteiger partial charge is 0.493 e. The third-order valence-corrected chi connectivity index (χ3v) is 5.02. The van der Waals surface area contributed by atoms with Crippen LogP contribution in [-0.4, -0.2) is 29.5 Å². The molecule has 4 aromatic rings. The van der Waals surface area contributed by atoms with Gasteiger partial charge in [-0.05, 0) is 67.1 Å². The first kappa shape index (κ1) is 21.9. The van der Waals surface area contributed by atoms with Crippen molar-refractivity contribution in [1.29, 1.82) is 0 Å². The third kappa shape index (κ3) is 4.95. The number of hydrogen-bond acceptors (Lipinski definition) is 6. The number of nitrogens with one attached hydrogen (secondary N) is 1. The number of methoxy groups -OCH3 is 2. The number of pyridine rings is 1. The minimum Gasteiger partial charge on any atom is -0.493 e. The van der Waals surface area contributed by atoms with E-state index in [-0.39, 0.29) is 18.1 Å². The van der Waals surface area contributed by atoms with Crippen LogP contribution in [0, 0.1) is 6.92 Å². The Morgan fingerprint density at radius 1 is 0.970 bits per heavy atom. The average Bonchev–Trinajstić information content (AvgIpc) is 2.82. The van der Waals surface area contributed by atoms with E-state index in [0.29, 0.717) is 39.8 Å². The van der Waals surface area contributed by atoms with Crippen LogP contribution < -0.4 is 25.1 Å². The normalized spacial score (nSPS) is 10.6. The molecule has 0 aliphatic carbocycles. The van der Waals surface area contributed by atoms with Gasteiger partial charge in [0.15, 0.2) is 11.5 Å². The summed E-state index contributed by atoms with van der Waals surface area (Å²) in [6.45, 7) is 2.10. The lowest BCUT2D eigenvalue weighted by Crippen LogP contribution is -2.16. The van der Waals surface area contributed by atoms with E-state index >= 15 is 0 Å². The first-order valence-electron chi connectivity index (χ1n) is 10.2. The quantitative estimate of drug-likeness (QED) is 0.465. The van der Waals surface area contributed by atoms with Crippen molar-refractivity contribution in [2.45, 2.75) is 13.5 Å². The first-order chi connectivity index (χ1) is 16.0. The van der Waals surface area contributed by atoms with Gasteiger partial charge in [0.2, 0.25) is 0 Å². The monoisotopic (exact) mass is 445 g/mol. The fourth-order valence-electron chi connectivity index (χ4n) is 3.30. The van der Waals surface area contributed by atoms with E-state index < -0.39 is 0 Å². The van der Waals surface area contributed by atoms with Crippen LogP contribution >= 0.6 is 0 Å². The highest BCUT2D eigenvalue weighted by Crippen LogP contribution is 2.28. The smallest absolute Gasteiger partial charge is 0.258 e. The number of rotatable bonds is 7. The molecular weight excluding hydrogens is 422 g/mol. The van der Waals surface area contributed by atoms with Gasteiger partial charge in [-0.25, -0.2) is 4.98 Å². The molecule has 0 aliphatic heterocycles. The van der Waals surface area contributed by atoms with Crippen LogP contribution in [0.1, 0.15) is 21.6 Å². The molecule has 0 aliphatic rings. The number of nitrogens with zero attached hydrogens (tertiary/aromatic N) is 2. The highest BCUT2D eigenvalue weighted by Gasteiger charge is 2.11. The van der Waals surface area contributed by atoms with E-state index in [0.717, 1.165) is 5.56 Å². The number of carbonyl (C=O) groups is 1. The zero-order chi connectivity index (χ0) is 23.4. The molecule has 0 fully saturated rings. The fourth-order valence-corrected chi connectivity index (χ4v) is 3.30. The molecule has 0 unspecified atom stereocenters. The lowest BCUT2D eigenvalue weighted by atomic mass is 10.2. The molecule has 0 radical (unpaired) electrons. The van der Waals surface area contributed by atoms with Crippen molar-refractivity contribution >= 4 is 17.2 Å². The van der Waals surface area contributed by atoms with Crippen molar-refractivity contribution in [1.82, 2.24) is 9.38 Å². The molecule has 0 saturated heterocycles. The predicted octanol–water partition coefficient (Wildman–Crippen LogP) is 3.85. The van der Waals surface area contributed by atoms with Gasteiger partial charge >= 0.3 is 0 Å². The Bertz CT molecular complexity index is 1360. The number of anilines is 1. The third-order valence-electron chi connectivity index (χ3n) is 5.02. The lowest BCUT2D eigenvalue weighted by molar-refractivity contribution is 0.102. The summed E-state index contributed by atoms with van der Waals surface area (Å²) in [5.74, 6) is 1.34. The van der Waals surface area contributed by atoms with Gasteiger partial charge in [-0.15, -0.1) is 0 Å². The number of ether oxygens (including phenoxy) is 3. The number of benzene rings is 2. The van der Waals surface area contributed by atoms with E-state index in [1.807, 2.05) is 19.1 Å². The van der Waals surface area contributed by atoms with Gasteiger partial charge < -0.3 is 19.5 Å². The molecule has 2 heterocycles. The molecule has 0 spiro atoms. The molecule has 0 atom stereocenters. The maximum Gasteiger partial charge on any atom is 0.258 e. The Balaban J connectivity index is 1.41. The first-order valence-corrected chi connectivity index (χ1v) is 10.2. The van der Waals surface area contributed by atoms with Gasteiger partial charge in [0.25, 0.3) is 11.5 Å². The molecule has 1 N–H and O–H groups in total. The Labute approximate surface area is 190 Å². The van der Waals surface area contributed by atoms with Crippen LogP contribution in [0.4, 0.5) is 5.69 Å². The molecule has 2 aromatic heterocycles. The minimum atomic E-state index is -0.277. The van der Waals surface area contributed by atoms with Gasteiger partial charge in [-0.2, -0.15) is 0 Å². The molecule has 0 bridgehead atoms. The van der Waals surface area contributed by atoms with Gasteiger partial charge in [-0.1, -0.05) is 0 Å².